The predicted octanol–water partition coefficient (Wildman–Crippen LogP) is 3.74. The minimum Gasteiger partial charge on any atom is -0.422 e. The third kappa shape index (κ3) is 3.19. The molecule has 3 heterocycles. The highest BCUT2D eigenvalue weighted by atomic mass is 35.5. The Morgan fingerprint density at radius 3 is 2.76 bits per heavy atom. The normalized spacial score (nSPS) is 14.2. The number of carbonyl (C=O) groups is 1. The van der Waals surface area contributed by atoms with Crippen molar-refractivity contribution in [3.8, 4) is 11.4 Å². The Bertz CT molecular complexity index is 1290. The van der Waals surface area contributed by atoms with Gasteiger partial charge in [-0.15, -0.1) is 0 Å². The Hall–Kier alpha value is -3.45. The van der Waals surface area contributed by atoms with Crippen molar-refractivity contribution >= 4 is 28.5 Å². The minimum absolute atomic E-state index is 0.0206. The highest BCUT2D eigenvalue weighted by Gasteiger charge is 2.37. The van der Waals surface area contributed by atoms with Crippen molar-refractivity contribution in [3.05, 3.63) is 81.5 Å². The van der Waals surface area contributed by atoms with Gasteiger partial charge in [-0.05, 0) is 24.3 Å². The van der Waals surface area contributed by atoms with Crippen LogP contribution in [-0.2, 0) is 0 Å². The highest BCUT2D eigenvalue weighted by Crippen LogP contribution is 2.29. The van der Waals surface area contributed by atoms with Crippen LogP contribution in [0.15, 0.2) is 68.3 Å². The molecule has 1 aliphatic heterocycles. The molecule has 5 rings (SSSR count). The van der Waals surface area contributed by atoms with E-state index >= 15 is 0 Å². The number of para-hydroxylation sites is 1. The van der Waals surface area contributed by atoms with Gasteiger partial charge >= 0.3 is 5.63 Å². The second-order valence-electron chi connectivity index (χ2n) is 6.86. The maximum atomic E-state index is 12.7. The molecule has 0 radical (unpaired) electrons. The smallest absolute Gasteiger partial charge is 0.349 e. The zero-order chi connectivity index (χ0) is 20.0. The Kier molecular flexibility index (Phi) is 4.17. The average Bonchev–Trinajstić information content (AvgIpc) is 3.16. The van der Waals surface area contributed by atoms with Gasteiger partial charge in [0.2, 0.25) is 11.7 Å². The summed E-state index contributed by atoms with van der Waals surface area (Å²) in [5.41, 5.74) is 0.592. The first-order valence-corrected chi connectivity index (χ1v) is 9.38. The summed E-state index contributed by atoms with van der Waals surface area (Å²) in [5.74, 6) is 0.458. The first-order chi connectivity index (χ1) is 14.1. The molecule has 1 amide bonds. The molecule has 8 heteroatoms. The standard InChI is InChI=1S/C21H14ClN3O4/c22-15-6-3-5-13(8-15)18-23-19(29-24-18)14-10-25(11-14)20(26)16-9-12-4-1-2-7-17(12)28-21(16)27/h1-9,14H,10-11H2. The fraction of sp³-hybridized carbons (Fsp3) is 0.143. The van der Waals surface area contributed by atoms with Gasteiger partial charge in [0.25, 0.3) is 5.91 Å². The number of hydrogen-bond acceptors (Lipinski definition) is 6. The molecule has 4 aromatic rings. The first kappa shape index (κ1) is 17.6. The predicted molar refractivity (Wildman–Crippen MR) is 106 cm³/mol. The largest absolute Gasteiger partial charge is 0.422 e. The van der Waals surface area contributed by atoms with Crippen molar-refractivity contribution in [1.82, 2.24) is 15.0 Å². The van der Waals surface area contributed by atoms with E-state index < -0.39 is 5.63 Å². The van der Waals surface area contributed by atoms with Gasteiger partial charge in [-0.3, -0.25) is 4.79 Å². The second-order valence-corrected chi connectivity index (χ2v) is 7.30. The number of benzene rings is 2. The van der Waals surface area contributed by atoms with Crippen molar-refractivity contribution < 1.29 is 13.7 Å². The lowest BCUT2D eigenvalue weighted by Gasteiger charge is -2.36. The number of halogens is 1. The number of likely N-dealkylation sites (tertiary alicyclic amines) is 1. The van der Waals surface area contributed by atoms with E-state index in [4.69, 9.17) is 20.5 Å². The van der Waals surface area contributed by atoms with E-state index in [1.54, 1.807) is 41.3 Å². The van der Waals surface area contributed by atoms with E-state index in [0.717, 1.165) is 5.56 Å². The van der Waals surface area contributed by atoms with Crippen molar-refractivity contribution in [2.45, 2.75) is 5.92 Å². The number of carbonyl (C=O) groups excluding carboxylic acids is 1. The fourth-order valence-corrected chi connectivity index (χ4v) is 3.52. The zero-order valence-corrected chi connectivity index (χ0v) is 15.8. The van der Waals surface area contributed by atoms with Crippen LogP contribution >= 0.6 is 11.6 Å². The van der Waals surface area contributed by atoms with Crippen LogP contribution in [0.5, 0.6) is 0 Å². The van der Waals surface area contributed by atoms with E-state index in [0.29, 0.717) is 40.8 Å². The van der Waals surface area contributed by atoms with Crippen molar-refractivity contribution in [2.75, 3.05) is 13.1 Å². The second kappa shape index (κ2) is 6.86. The topological polar surface area (TPSA) is 89.4 Å². The van der Waals surface area contributed by atoms with Gasteiger partial charge in [0.15, 0.2) is 0 Å². The van der Waals surface area contributed by atoms with E-state index in [-0.39, 0.29) is 17.4 Å². The lowest BCUT2D eigenvalue weighted by atomic mass is 9.99. The van der Waals surface area contributed by atoms with E-state index in [1.807, 2.05) is 18.2 Å². The average molecular weight is 408 g/mol. The van der Waals surface area contributed by atoms with Crippen LogP contribution in [0.1, 0.15) is 22.2 Å². The Balaban J connectivity index is 1.32. The molecular weight excluding hydrogens is 394 g/mol. The highest BCUT2D eigenvalue weighted by molar-refractivity contribution is 6.30. The number of hydrogen-bond donors (Lipinski definition) is 0. The van der Waals surface area contributed by atoms with Gasteiger partial charge in [0.1, 0.15) is 11.1 Å². The molecule has 0 aliphatic carbocycles. The molecular formula is C21H14ClN3O4. The SMILES string of the molecule is O=C(c1cc2ccccc2oc1=O)N1CC(c2nc(-c3cccc(Cl)c3)no2)C1. The number of amides is 1. The molecule has 0 bridgehead atoms. The molecule has 0 saturated carbocycles. The summed E-state index contributed by atoms with van der Waals surface area (Å²) in [7, 11) is 0. The third-order valence-electron chi connectivity index (χ3n) is 4.91. The quantitative estimate of drug-likeness (QED) is 0.481. The summed E-state index contributed by atoms with van der Waals surface area (Å²) >= 11 is 6.00. The molecule has 0 N–H and O–H groups in total. The molecule has 7 nitrogen and oxygen atoms in total. The van der Waals surface area contributed by atoms with Crippen LogP contribution in [0.25, 0.3) is 22.4 Å². The van der Waals surface area contributed by atoms with Gasteiger partial charge in [-0.1, -0.05) is 47.1 Å². The Morgan fingerprint density at radius 1 is 1.10 bits per heavy atom. The Morgan fingerprint density at radius 2 is 1.93 bits per heavy atom. The van der Waals surface area contributed by atoms with Gasteiger partial charge < -0.3 is 13.8 Å². The molecule has 29 heavy (non-hydrogen) atoms. The van der Waals surface area contributed by atoms with Crippen LogP contribution in [0.2, 0.25) is 5.02 Å². The van der Waals surface area contributed by atoms with Crippen LogP contribution < -0.4 is 5.63 Å². The summed E-state index contributed by atoms with van der Waals surface area (Å²) < 4.78 is 10.6. The molecule has 0 atom stereocenters. The van der Waals surface area contributed by atoms with Crippen molar-refractivity contribution in [3.63, 3.8) is 0 Å². The molecule has 0 unspecified atom stereocenters. The number of rotatable bonds is 3. The van der Waals surface area contributed by atoms with Gasteiger partial charge in [-0.2, -0.15) is 4.98 Å². The molecule has 1 aliphatic rings. The lowest BCUT2D eigenvalue weighted by Crippen LogP contribution is -2.49. The molecule has 2 aromatic heterocycles. The van der Waals surface area contributed by atoms with E-state index in [2.05, 4.69) is 10.1 Å². The summed E-state index contributed by atoms with van der Waals surface area (Å²) in [4.78, 5) is 30.9. The summed E-state index contributed by atoms with van der Waals surface area (Å²) in [6.07, 6.45) is 0. The third-order valence-corrected chi connectivity index (χ3v) is 5.15. The van der Waals surface area contributed by atoms with Crippen LogP contribution in [-0.4, -0.2) is 34.0 Å². The molecule has 2 aromatic carbocycles. The monoisotopic (exact) mass is 407 g/mol. The maximum absolute atomic E-state index is 12.7. The minimum atomic E-state index is -0.641. The summed E-state index contributed by atoms with van der Waals surface area (Å²) in [6, 6.07) is 15.8. The zero-order valence-electron chi connectivity index (χ0n) is 15.0. The first-order valence-electron chi connectivity index (χ1n) is 9.00. The van der Waals surface area contributed by atoms with E-state index in [9.17, 15) is 9.59 Å². The van der Waals surface area contributed by atoms with Gasteiger partial charge in [-0.25, -0.2) is 4.79 Å². The number of fused-ring (bicyclic) bond motifs is 1. The summed E-state index contributed by atoms with van der Waals surface area (Å²) in [6.45, 7) is 0.782. The fourth-order valence-electron chi connectivity index (χ4n) is 3.33. The molecule has 144 valence electrons. The molecule has 1 saturated heterocycles. The maximum Gasteiger partial charge on any atom is 0.349 e. The van der Waals surface area contributed by atoms with Crippen LogP contribution in [0.3, 0.4) is 0 Å². The van der Waals surface area contributed by atoms with E-state index in [1.165, 1.54) is 0 Å². The summed E-state index contributed by atoms with van der Waals surface area (Å²) in [5, 5.41) is 5.28. The number of aromatic nitrogens is 2. The van der Waals surface area contributed by atoms with Crippen LogP contribution in [0, 0.1) is 0 Å². The number of nitrogens with zero attached hydrogens (tertiary/aromatic N) is 3. The van der Waals surface area contributed by atoms with Gasteiger partial charge in [0.05, 0.1) is 5.92 Å². The van der Waals surface area contributed by atoms with Crippen molar-refractivity contribution in [2.24, 2.45) is 0 Å². The Labute approximate surface area is 169 Å². The lowest BCUT2D eigenvalue weighted by molar-refractivity contribution is 0.0565. The molecule has 0 spiro atoms. The van der Waals surface area contributed by atoms with Gasteiger partial charge in [0, 0.05) is 29.1 Å². The van der Waals surface area contributed by atoms with Crippen molar-refractivity contribution in [1.29, 1.82) is 0 Å². The van der Waals surface area contributed by atoms with Crippen LogP contribution in [0.4, 0.5) is 0 Å². The molecule has 1 fully saturated rings.